The number of rotatable bonds is 3. The first kappa shape index (κ1) is 11.5. The van der Waals surface area contributed by atoms with Crippen molar-refractivity contribution in [2.45, 2.75) is 12.3 Å². The maximum absolute atomic E-state index is 11.2. The fourth-order valence-electron chi connectivity index (χ4n) is 0.971. The molecule has 0 fully saturated rings. The molecule has 1 aromatic carbocycles. The molecule has 0 spiro atoms. The fraction of sp³-hybridized carbons (Fsp3) is 0.222. The van der Waals surface area contributed by atoms with Crippen LogP contribution in [0.5, 0.6) is 0 Å². The maximum atomic E-state index is 11.2. The minimum Gasteiger partial charge on any atom is -0.319 e. The molecule has 1 N–H and O–H groups in total. The summed E-state index contributed by atoms with van der Waals surface area (Å²) in [5.41, 5.74) is 0.00293. The number of amides is 1. The highest BCUT2D eigenvalue weighted by molar-refractivity contribution is 6.32. The Morgan fingerprint density at radius 3 is 2.67 bits per heavy atom. The Balaban J connectivity index is 2.94. The van der Waals surface area contributed by atoms with E-state index in [-0.39, 0.29) is 11.4 Å². The summed E-state index contributed by atoms with van der Waals surface area (Å²) in [5.74, 6) is -0.467. The Bertz CT molecular complexity index is 393. The monoisotopic (exact) mass is 228 g/mol. The smallest absolute Gasteiger partial charge is 0.292 e. The van der Waals surface area contributed by atoms with Crippen molar-refractivity contribution in [2.75, 3.05) is 5.32 Å². The summed E-state index contributed by atoms with van der Waals surface area (Å²) in [6.45, 7) is 1.49. The lowest BCUT2D eigenvalue weighted by atomic mass is 10.2. The molecule has 0 heterocycles. The van der Waals surface area contributed by atoms with Gasteiger partial charge < -0.3 is 5.32 Å². The molecule has 15 heavy (non-hydrogen) atoms. The molecule has 0 saturated heterocycles. The van der Waals surface area contributed by atoms with E-state index in [1.807, 2.05) is 0 Å². The van der Waals surface area contributed by atoms with Crippen LogP contribution in [0, 0.1) is 10.1 Å². The van der Waals surface area contributed by atoms with E-state index in [1.54, 1.807) is 6.07 Å². The van der Waals surface area contributed by atoms with Gasteiger partial charge in [0.05, 0.1) is 4.92 Å². The Hall–Kier alpha value is -1.62. The van der Waals surface area contributed by atoms with Gasteiger partial charge in [0.25, 0.3) is 5.69 Å². The topological polar surface area (TPSA) is 72.2 Å². The van der Waals surface area contributed by atoms with Crippen LogP contribution in [0.25, 0.3) is 0 Å². The molecule has 0 aromatic heterocycles. The third kappa shape index (κ3) is 2.92. The minimum atomic E-state index is -0.732. The fourth-order valence-corrected chi connectivity index (χ4v) is 1.03. The average molecular weight is 229 g/mol. The van der Waals surface area contributed by atoms with Gasteiger partial charge in [-0.3, -0.25) is 14.9 Å². The minimum absolute atomic E-state index is 0.150. The third-order valence-electron chi connectivity index (χ3n) is 1.72. The van der Waals surface area contributed by atoms with Gasteiger partial charge in [0.15, 0.2) is 0 Å². The summed E-state index contributed by atoms with van der Waals surface area (Å²) in [7, 11) is 0. The number of anilines is 1. The normalized spacial score (nSPS) is 11.9. The van der Waals surface area contributed by atoms with E-state index in [1.165, 1.54) is 25.1 Å². The molecule has 0 aliphatic heterocycles. The average Bonchev–Trinajstić information content (AvgIpc) is 2.18. The molecule has 1 amide bonds. The number of halogens is 1. The lowest BCUT2D eigenvalue weighted by Crippen LogP contribution is -2.20. The van der Waals surface area contributed by atoms with Gasteiger partial charge in [0.1, 0.15) is 11.1 Å². The summed E-state index contributed by atoms with van der Waals surface area (Å²) in [6, 6.07) is 5.89. The number of hydrogen-bond donors (Lipinski definition) is 1. The molecule has 5 nitrogen and oxygen atoms in total. The molecule has 0 saturated carbocycles. The van der Waals surface area contributed by atoms with Crippen LogP contribution in [0.15, 0.2) is 24.3 Å². The van der Waals surface area contributed by atoms with E-state index >= 15 is 0 Å². The Labute approximate surface area is 91.2 Å². The van der Waals surface area contributed by atoms with E-state index in [2.05, 4.69) is 5.32 Å². The molecule has 1 aromatic rings. The molecular formula is C9H9ClN2O3. The van der Waals surface area contributed by atoms with Crippen molar-refractivity contribution in [3.8, 4) is 0 Å². The second kappa shape index (κ2) is 4.75. The van der Waals surface area contributed by atoms with Crippen LogP contribution in [-0.4, -0.2) is 16.2 Å². The van der Waals surface area contributed by atoms with Crippen LogP contribution < -0.4 is 5.32 Å². The van der Waals surface area contributed by atoms with E-state index in [4.69, 9.17) is 11.6 Å². The quantitative estimate of drug-likeness (QED) is 0.490. The Morgan fingerprint density at radius 2 is 2.13 bits per heavy atom. The van der Waals surface area contributed by atoms with Crippen molar-refractivity contribution in [2.24, 2.45) is 0 Å². The lowest BCUT2D eigenvalue weighted by Gasteiger charge is -2.06. The third-order valence-corrected chi connectivity index (χ3v) is 1.92. The van der Waals surface area contributed by atoms with Gasteiger partial charge in [-0.1, -0.05) is 12.1 Å². The Morgan fingerprint density at radius 1 is 1.53 bits per heavy atom. The summed E-state index contributed by atoms with van der Waals surface area (Å²) in [5, 5.41) is 12.2. The van der Waals surface area contributed by atoms with Crippen molar-refractivity contribution in [3.05, 3.63) is 34.4 Å². The number of carbonyl (C=O) groups is 1. The molecule has 0 aliphatic rings. The maximum Gasteiger partial charge on any atom is 0.292 e. The van der Waals surface area contributed by atoms with Crippen molar-refractivity contribution >= 4 is 28.9 Å². The van der Waals surface area contributed by atoms with Gasteiger partial charge in [-0.15, -0.1) is 11.6 Å². The molecule has 0 unspecified atom stereocenters. The molecule has 0 bridgehead atoms. The highest BCUT2D eigenvalue weighted by Crippen LogP contribution is 2.23. The van der Waals surface area contributed by atoms with Gasteiger partial charge in [0, 0.05) is 6.07 Å². The summed E-state index contributed by atoms with van der Waals surface area (Å²) in [6.07, 6.45) is 0. The summed E-state index contributed by atoms with van der Waals surface area (Å²) >= 11 is 5.53. The number of nitrogens with one attached hydrogen (secondary N) is 1. The second-order valence-electron chi connectivity index (χ2n) is 2.88. The Kier molecular flexibility index (Phi) is 3.62. The van der Waals surface area contributed by atoms with Crippen molar-refractivity contribution in [3.63, 3.8) is 0 Å². The van der Waals surface area contributed by atoms with Crippen LogP contribution in [0.1, 0.15) is 6.92 Å². The van der Waals surface area contributed by atoms with Crippen LogP contribution in [-0.2, 0) is 4.79 Å². The lowest BCUT2D eigenvalue weighted by molar-refractivity contribution is -0.383. The molecule has 80 valence electrons. The zero-order chi connectivity index (χ0) is 11.4. The van der Waals surface area contributed by atoms with Gasteiger partial charge in [-0.2, -0.15) is 0 Å². The number of carbonyl (C=O) groups excluding carboxylic acids is 1. The van der Waals surface area contributed by atoms with E-state index < -0.39 is 16.2 Å². The van der Waals surface area contributed by atoms with Gasteiger partial charge >= 0.3 is 0 Å². The molecular weight excluding hydrogens is 220 g/mol. The summed E-state index contributed by atoms with van der Waals surface area (Å²) < 4.78 is 0. The predicted molar refractivity (Wildman–Crippen MR) is 57.0 cm³/mol. The first-order chi connectivity index (χ1) is 7.02. The number of alkyl halides is 1. The molecule has 1 rings (SSSR count). The number of hydrogen-bond acceptors (Lipinski definition) is 3. The first-order valence-electron chi connectivity index (χ1n) is 4.20. The van der Waals surface area contributed by atoms with Crippen LogP contribution in [0.2, 0.25) is 0 Å². The molecule has 0 aliphatic carbocycles. The van der Waals surface area contributed by atoms with Gasteiger partial charge in [-0.05, 0) is 13.0 Å². The van der Waals surface area contributed by atoms with Gasteiger partial charge in [-0.25, -0.2) is 0 Å². The molecule has 1 atom stereocenters. The highest BCUT2D eigenvalue weighted by atomic mass is 35.5. The molecule has 0 radical (unpaired) electrons. The van der Waals surface area contributed by atoms with E-state index in [0.717, 1.165) is 0 Å². The first-order valence-corrected chi connectivity index (χ1v) is 4.64. The zero-order valence-electron chi connectivity index (χ0n) is 7.94. The number of nitrogens with zero attached hydrogens (tertiary/aromatic N) is 1. The molecule has 6 heteroatoms. The van der Waals surface area contributed by atoms with Crippen molar-refractivity contribution < 1.29 is 9.72 Å². The number of nitro benzene ring substituents is 1. The van der Waals surface area contributed by atoms with Gasteiger partial charge in [0.2, 0.25) is 5.91 Å². The summed E-state index contributed by atoms with van der Waals surface area (Å²) in [4.78, 5) is 21.3. The second-order valence-corrected chi connectivity index (χ2v) is 3.53. The highest BCUT2D eigenvalue weighted by Gasteiger charge is 2.16. The number of para-hydroxylation sites is 2. The van der Waals surface area contributed by atoms with E-state index in [9.17, 15) is 14.9 Å². The SMILES string of the molecule is C[C@H](Cl)C(=O)Nc1ccccc1[N+](=O)[O-]. The van der Waals surface area contributed by atoms with E-state index in [0.29, 0.717) is 0 Å². The van der Waals surface area contributed by atoms with Crippen LogP contribution in [0.4, 0.5) is 11.4 Å². The zero-order valence-corrected chi connectivity index (χ0v) is 8.69. The van der Waals surface area contributed by atoms with Crippen molar-refractivity contribution in [1.82, 2.24) is 0 Å². The number of benzene rings is 1. The van der Waals surface area contributed by atoms with Crippen LogP contribution >= 0.6 is 11.6 Å². The number of nitro groups is 1. The standard InChI is InChI=1S/C9H9ClN2O3/c1-6(10)9(13)11-7-4-2-3-5-8(7)12(14)15/h2-6H,1H3,(H,11,13)/t6-/m0/s1. The predicted octanol–water partition coefficient (Wildman–Crippen LogP) is 2.16. The van der Waals surface area contributed by atoms with Crippen LogP contribution in [0.3, 0.4) is 0 Å². The van der Waals surface area contributed by atoms with Crippen molar-refractivity contribution in [1.29, 1.82) is 0 Å². The largest absolute Gasteiger partial charge is 0.319 e.